The highest BCUT2D eigenvalue weighted by atomic mass is 28.3. The van der Waals surface area contributed by atoms with Gasteiger partial charge in [0.15, 0.2) is 0 Å². The molecular formula is C10H21OSi. The van der Waals surface area contributed by atoms with Crippen LogP contribution >= 0.6 is 0 Å². The Morgan fingerprint density at radius 1 is 1.25 bits per heavy atom. The van der Waals surface area contributed by atoms with Crippen LogP contribution in [0.5, 0.6) is 0 Å². The first-order valence-corrected chi connectivity index (χ1v) is 8.43. The first-order valence-electron chi connectivity index (χ1n) is 4.93. The molecule has 1 aliphatic carbocycles. The van der Waals surface area contributed by atoms with Gasteiger partial charge in [0.05, 0.1) is 13.3 Å². The van der Waals surface area contributed by atoms with Crippen LogP contribution in [0.15, 0.2) is 0 Å². The fourth-order valence-corrected chi connectivity index (χ4v) is 3.53. The Morgan fingerprint density at radius 2 is 1.67 bits per heavy atom. The van der Waals surface area contributed by atoms with Crippen molar-refractivity contribution in [1.82, 2.24) is 0 Å². The lowest BCUT2D eigenvalue weighted by molar-refractivity contribution is 0.0974. The summed E-state index contributed by atoms with van der Waals surface area (Å²) in [5.41, 5.74) is 0. The lowest BCUT2D eigenvalue weighted by Gasteiger charge is -2.40. The van der Waals surface area contributed by atoms with Gasteiger partial charge in [-0.1, -0.05) is 32.5 Å². The van der Waals surface area contributed by atoms with Crippen molar-refractivity contribution >= 4 is 8.07 Å². The van der Waals surface area contributed by atoms with E-state index in [1.54, 1.807) is 0 Å². The number of hydrogen-bond acceptors (Lipinski definition) is 1. The van der Waals surface area contributed by atoms with Crippen molar-refractivity contribution in [3.63, 3.8) is 0 Å². The number of aliphatic hydroxyl groups is 1. The molecule has 1 nitrogen and oxygen atoms in total. The van der Waals surface area contributed by atoms with Gasteiger partial charge in [-0.25, -0.2) is 0 Å². The van der Waals surface area contributed by atoms with Crippen molar-refractivity contribution in [1.29, 1.82) is 0 Å². The maximum atomic E-state index is 10.3. The van der Waals surface area contributed by atoms with E-state index in [-0.39, 0.29) is 0 Å². The first kappa shape index (κ1) is 10.3. The van der Waals surface area contributed by atoms with Gasteiger partial charge in [0, 0.05) is 0 Å². The summed E-state index contributed by atoms with van der Waals surface area (Å²) in [4.78, 5) is 0. The largest absolute Gasteiger partial charge is 0.393 e. The van der Waals surface area contributed by atoms with Crippen molar-refractivity contribution in [3.05, 3.63) is 6.92 Å². The molecule has 2 heteroatoms. The van der Waals surface area contributed by atoms with Crippen LogP contribution in [-0.4, -0.2) is 18.4 Å². The standard InChI is InChI=1S/C10H21OSi/c1-10(11,12(2,3)4)9-7-5-6-8-9/h9,11H,1,5-8H2,2-4H3. The van der Waals surface area contributed by atoms with E-state index in [4.69, 9.17) is 0 Å². The molecule has 0 bridgehead atoms. The third-order valence-electron chi connectivity index (χ3n) is 3.33. The highest BCUT2D eigenvalue weighted by molar-refractivity contribution is 6.79. The van der Waals surface area contributed by atoms with E-state index >= 15 is 0 Å². The molecule has 1 saturated carbocycles. The molecule has 0 heterocycles. The van der Waals surface area contributed by atoms with Gasteiger partial charge < -0.3 is 5.11 Å². The van der Waals surface area contributed by atoms with Crippen LogP contribution < -0.4 is 0 Å². The van der Waals surface area contributed by atoms with Crippen LogP contribution in [0.25, 0.3) is 0 Å². The maximum Gasteiger partial charge on any atom is 0.0824 e. The molecule has 12 heavy (non-hydrogen) atoms. The van der Waals surface area contributed by atoms with Crippen LogP contribution in [0, 0.1) is 12.8 Å². The van der Waals surface area contributed by atoms with Crippen LogP contribution in [0.2, 0.25) is 19.6 Å². The van der Waals surface area contributed by atoms with E-state index in [0.29, 0.717) is 5.92 Å². The molecule has 0 aromatic heterocycles. The predicted molar refractivity (Wildman–Crippen MR) is 55.6 cm³/mol. The molecule has 0 amide bonds. The monoisotopic (exact) mass is 185 g/mol. The number of hydrogen-bond donors (Lipinski definition) is 1. The summed E-state index contributed by atoms with van der Waals surface area (Å²) in [6, 6.07) is 0. The summed E-state index contributed by atoms with van der Waals surface area (Å²) < 4.78 is 0. The van der Waals surface area contributed by atoms with Crippen molar-refractivity contribution in [2.45, 2.75) is 50.5 Å². The third-order valence-corrected chi connectivity index (χ3v) is 6.34. The van der Waals surface area contributed by atoms with E-state index in [9.17, 15) is 5.11 Å². The molecule has 1 atom stereocenters. The van der Waals surface area contributed by atoms with Gasteiger partial charge in [0.25, 0.3) is 0 Å². The van der Waals surface area contributed by atoms with E-state index in [2.05, 4.69) is 26.6 Å². The molecule has 1 aliphatic rings. The summed E-state index contributed by atoms with van der Waals surface area (Å²) in [5, 5.41) is 9.71. The zero-order chi connectivity index (χ0) is 9.41. The predicted octanol–water partition coefficient (Wildman–Crippen LogP) is 2.62. The van der Waals surface area contributed by atoms with Gasteiger partial charge in [-0.05, 0) is 25.7 Å². The Bertz CT molecular complexity index is 152. The topological polar surface area (TPSA) is 20.2 Å². The van der Waals surface area contributed by atoms with E-state index in [1.807, 2.05) is 0 Å². The zero-order valence-corrected chi connectivity index (χ0v) is 9.56. The van der Waals surface area contributed by atoms with Gasteiger partial charge in [0.2, 0.25) is 0 Å². The van der Waals surface area contributed by atoms with Crippen molar-refractivity contribution in [3.8, 4) is 0 Å². The Hall–Kier alpha value is 0.177. The van der Waals surface area contributed by atoms with E-state index in [1.165, 1.54) is 25.7 Å². The Balaban J connectivity index is 2.69. The second kappa shape index (κ2) is 3.15. The van der Waals surface area contributed by atoms with E-state index < -0.39 is 13.3 Å². The quantitative estimate of drug-likeness (QED) is 0.656. The fraction of sp³-hybridized carbons (Fsp3) is 0.900. The summed E-state index contributed by atoms with van der Waals surface area (Å²) in [7, 11) is -1.51. The molecule has 0 aromatic carbocycles. The maximum absolute atomic E-state index is 10.3. The van der Waals surface area contributed by atoms with E-state index in [0.717, 1.165) is 0 Å². The fourth-order valence-electron chi connectivity index (χ4n) is 2.02. The normalized spacial score (nSPS) is 25.8. The summed E-state index contributed by atoms with van der Waals surface area (Å²) in [5.74, 6) is 0.476. The minimum Gasteiger partial charge on any atom is -0.393 e. The molecule has 71 valence electrons. The highest BCUT2D eigenvalue weighted by Crippen LogP contribution is 2.38. The lowest BCUT2D eigenvalue weighted by atomic mass is 10.0. The summed E-state index contributed by atoms with van der Waals surface area (Å²) in [6.45, 7) is 10.7. The smallest absolute Gasteiger partial charge is 0.0824 e. The minimum absolute atomic E-state index is 0.476. The second-order valence-corrected chi connectivity index (χ2v) is 10.5. The first-order chi connectivity index (χ1) is 5.36. The molecule has 1 N–H and O–H groups in total. The van der Waals surface area contributed by atoms with Crippen LogP contribution in [0.4, 0.5) is 0 Å². The molecule has 1 rings (SSSR count). The molecule has 0 spiro atoms. The van der Waals surface area contributed by atoms with Gasteiger partial charge in [-0.3, -0.25) is 0 Å². The van der Waals surface area contributed by atoms with Gasteiger partial charge in [-0.15, -0.1) is 0 Å². The minimum atomic E-state index is -1.51. The number of rotatable bonds is 2. The third kappa shape index (κ3) is 1.74. The Labute approximate surface area is 77.2 Å². The van der Waals surface area contributed by atoms with Crippen molar-refractivity contribution < 1.29 is 5.11 Å². The zero-order valence-electron chi connectivity index (χ0n) is 8.56. The van der Waals surface area contributed by atoms with Crippen LogP contribution in [-0.2, 0) is 0 Å². The molecule has 0 aliphatic heterocycles. The lowest BCUT2D eigenvalue weighted by Crippen LogP contribution is -2.54. The molecule has 0 aromatic rings. The molecular weight excluding hydrogens is 164 g/mol. The van der Waals surface area contributed by atoms with Gasteiger partial charge >= 0.3 is 0 Å². The van der Waals surface area contributed by atoms with Crippen molar-refractivity contribution in [2.24, 2.45) is 5.92 Å². The average Bonchev–Trinajstić information content (AvgIpc) is 2.34. The molecule has 1 unspecified atom stereocenters. The van der Waals surface area contributed by atoms with Gasteiger partial charge in [-0.2, -0.15) is 0 Å². The molecule has 1 radical (unpaired) electrons. The Kier molecular flexibility index (Phi) is 2.69. The highest BCUT2D eigenvalue weighted by Gasteiger charge is 2.44. The second-order valence-electron chi connectivity index (χ2n) is 5.16. The SMILES string of the molecule is [CH2]C(O)(C1CCCC1)[Si](C)(C)C. The van der Waals surface area contributed by atoms with Crippen LogP contribution in [0.1, 0.15) is 25.7 Å². The average molecular weight is 185 g/mol. The molecule has 0 saturated heterocycles. The van der Waals surface area contributed by atoms with Crippen molar-refractivity contribution in [2.75, 3.05) is 0 Å². The Morgan fingerprint density at radius 3 is 2.00 bits per heavy atom. The summed E-state index contributed by atoms with van der Waals surface area (Å²) in [6.07, 6.45) is 4.94. The summed E-state index contributed by atoms with van der Waals surface area (Å²) >= 11 is 0. The molecule has 1 fully saturated rings. The van der Waals surface area contributed by atoms with Crippen LogP contribution in [0.3, 0.4) is 0 Å². The van der Waals surface area contributed by atoms with Gasteiger partial charge in [0.1, 0.15) is 0 Å².